The van der Waals surface area contributed by atoms with Crippen LogP contribution in [0.3, 0.4) is 0 Å². The molecule has 2 aromatic heterocycles. The Hall–Kier alpha value is -2.62. The quantitative estimate of drug-likeness (QED) is 0.791. The lowest BCUT2D eigenvalue weighted by Crippen LogP contribution is -2.06. The number of hydrogen-bond acceptors (Lipinski definition) is 3. The Morgan fingerprint density at radius 3 is 2.50 bits per heavy atom. The molecule has 2 heterocycles. The summed E-state index contributed by atoms with van der Waals surface area (Å²) in [5.74, 6) is 0.689. The number of nitrogen functional groups attached to an aromatic ring is 1. The van der Waals surface area contributed by atoms with Crippen molar-refractivity contribution in [2.45, 2.75) is 13.5 Å². The Balaban J connectivity index is 1.98. The second kappa shape index (κ2) is 5.17. The van der Waals surface area contributed by atoms with Gasteiger partial charge in [0.1, 0.15) is 11.5 Å². The predicted octanol–water partition coefficient (Wildman–Crippen LogP) is 2.88. The maximum Gasteiger partial charge on any atom is 0.125 e. The normalized spacial score (nSPS) is 10.7. The fourth-order valence-electron chi connectivity index (χ4n) is 2.19. The van der Waals surface area contributed by atoms with Crippen LogP contribution in [0.15, 0.2) is 54.7 Å². The Kier molecular flexibility index (Phi) is 3.21. The maximum atomic E-state index is 6.16. The molecule has 0 saturated heterocycles. The van der Waals surface area contributed by atoms with Gasteiger partial charge in [0.2, 0.25) is 0 Å². The Bertz CT molecular complexity index is 702. The van der Waals surface area contributed by atoms with Crippen molar-refractivity contribution in [2.75, 3.05) is 5.73 Å². The summed E-state index contributed by atoms with van der Waals surface area (Å²) in [7, 11) is 0. The van der Waals surface area contributed by atoms with Gasteiger partial charge in [0.25, 0.3) is 0 Å². The van der Waals surface area contributed by atoms with E-state index in [-0.39, 0.29) is 0 Å². The number of nitrogens with two attached hydrogens (primary N) is 1. The summed E-state index contributed by atoms with van der Waals surface area (Å²) >= 11 is 0. The monoisotopic (exact) mass is 264 g/mol. The van der Waals surface area contributed by atoms with E-state index in [4.69, 9.17) is 5.73 Å². The zero-order chi connectivity index (χ0) is 13.9. The first kappa shape index (κ1) is 12.4. The molecule has 0 fully saturated rings. The first-order valence-corrected chi connectivity index (χ1v) is 6.54. The second-order valence-electron chi connectivity index (χ2n) is 4.72. The van der Waals surface area contributed by atoms with Gasteiger partial charge in [-0.2, -0.15) is 5.10 Å². The first-order valence-electron chi connectivity index (χ1n) is 6.54. The topological polar surface area (TPSA) is 56.7 Å². The maximum absolute atomic E-state index is 6.16. The third-order valence-corrected chi connectivity index (χ3v) is 3.32. The summed E-state index contributed by atoms with van der Waals surface area (Å²) in [6.45, 7) is 2.65. The predicted molar refractivity (Wildman–Crippen MR) is 80.2 cm³/mol. The molecule has 0 amide bonds. The van der Waals surface area contributed by atoms with Gasteiger partial charge in [0.05, 0.1) is 12.2 Å². The van der Waals surface area contributed by atoms with Crippen molar-refractivity contribution in [3.05, 3.63) is 65.9 Å². The molecule has 0 atom stereocenters. The lowest BCUT2D eigenvalue weighted by atomic mass is 10.2. The Morgan fingerprint density at radius 2 is 1.80 bits per heavy atom. The van der Waals surface area contributed by atoms with Gasteiger partial charge in [-0.05, 0) is 24.6 Å². The van der Waals surface area contributed by atoms with Crippen LogP contribution < -0.4 is 5.73 Å². The Morgan fingerprint density at radius 1 is 1.05 bits per heavy atom. The smallest absolute Gasteiger partial charge is 0.125 e. The van der Waals surface area contributed by atoms with Gasteiger partial charge in [-0.3, -0.25) is 4.98 Å². The molecule has 100 valence electrons. The fraction of sp³-hybridized carbons (Fsp3) is 0.125. The van der Waals surface area contributed by atoms with E-state index in [0.717, 1.165) is 17.0 Å². The van der Waals surface area contributed by atoms with Gasteiger partial charge in [-0.15, -0.1) is 0 Å². The minimum absolute atomic E-state index is 0.667. The van der Waals surface area contributed by atoms with E-state index in [2.05, 4.69) is 22.2 Å². The Labute approximate surface area is 117 Å². The van der Waals surface area contributed by atoms with E-state index in [1.165, 1.54) is 5.56 Å². The van der Waals surface area contributed by atoms with Gasteiger partial charge in [-0.1, -0.05) is 36.4 Å². The van der Waals surface area contributed by atoms with E-state index < -0.39 is 0 Å². The molecular formula is C16H16N4. The van der Waals surface area contributed by atoms with Crippen LogP contribution >= 0.6 is 0 Å². The highest BCUT2D eigenvalue weighted by molar-refractivity contribution is 5.64. The second-order valence-corrected chi connectivity index (χ2v) is 4.72. The summed E-state index contributed by atoms with van der Waals surface area (Å²) in [6.07, 6.45) is 1.77. The van der Waals surface area contributed by atoms with Gasteiger partial charge in [-0.25, -0.2) is 4.68 Å². The van der Waals surface area contributed by atoms with Gasteiger partial charge >= 0.3 is 0 Å². The fourth-order valence-corrected chi connectivity index (χ4v) is 2.19. The highest BCUT2D eigenvalue weighted by Gasteiger charge is 2.14. The van der Waals surface area contributed by atoms with Crippen LogP contribution in [0.1, 0.15) is 11.1 Å². The molecule has 3 aromatic rings. The first-order chi connectivity index (χ1) is 9.75. The van der Waals surface area contributed by atoms with Gasteiger partial charge < -0.3 is 5.73 Å². The van der Waals surface area contributed by atoms with Crippen LogP contribution in [-0.2, 0) is 6.54 Å². The van der Waals surface area contributed by atoms with Crippen LogP contribution in [0.2, 0.25) is 0 Å². The van der Waals surface area contributed by atoms with Crippen molar-refractivity contribution in [3.8, 4) is 11.4 Å². The SMILES string of the molecule is Cc1c(-c2ccccn2)nn(Cc2ccccc2)c1N. The molecular weight excluding hydrogens is 248 g/mol. The lowest BCUT2D eigenvalue weighted by Gasteiger charge is -2.03. The number of hydrogen-bond donors (Lipinski definition) is 1. The summed E-state index contributed by atoms with van der Waals surface area (Å²) < 4.78 is 1.83. The average Bonchev–Trinajstić information content (AvgIpc) is 2.78. The molecule has 2 N–H and O–H groups in total. The largest absolute Gasteiger partial charge is 0.384 e. The minimum Gasteiger partial charge on any atom is -0.384 e. The summed E-state index contributed by atoms with van der Waals surface area (Å²) in [4.78, 5) is 4.34. The number of rotatable bonds is 3. The van der Waals surface area contributed by atoms with E-state index in [0.29, 0.717) is 12.4 Å². The van der Waals surface area contributed by atoms with E-state index in [1.807, 2.05) is 48.0 Å². The third kappa shape index (κ3) is 2.28. The molecule has 4 heteroatoms. The van der Waals surface area contributed by atoms with Crippen LogP contribution in [0.4, 0.5) is 5.82 Å². The molecule has 0 bridgehead atoms. The highest BCUT2D eigenvalue weighted by atomic mass is 15.3. The number of anilines is 1. The molecule has 20 heavy (non-hydrogen) atoms. The lowest BCUT2D eigenvalue weighted by molar-refractivity contribution is 0.699. The highest BCUT2D eigenvalue weighted by Crippen LogP contribution is 2.25. The van der Waals surface area contributed by atoms with Crippen LogP contribution in [-0.4, -0.2) is 14.8 Å². The molecule has 0 spiro atoms. The van der Waals surface area contributed by atoms with Crippen molar-refractivity contribution in [3.63, 3.8) is 0 Å². The number of benzene rings is 1. The molecule has 4 nitrogen and oxygen atoms in total. The third-order valence-electron chi connectivity index (χ3n) is 3.32. The molecule has 0 saturated carbocycles. The summed E-state index contributed by atoms with van der Waals surface area (Å²) in [5, 5.41) is 4.60. The zero-order valence-electron chi connectivity index (χ0n) is 11.3. The van der Waals surface area contributed by atoms with E-state index in [9.17, 15) is 0 Å². The molecule has 0 aliphatic rings. The van der Waals surface area contributed by atoms with Crippen molar-refractivity contribution in [2.24, 2.45) is 0 Å². The van der Waals surface area contributed by atoms with Crippen LogP contribution in [0.25, 0.3) is 11.4 Å². The molecule has 0 aliphatic heterocycles. The van der Waals surface area contributed by atoms with Crippen molar-refractivity contribution in [1.29, 1.82) is 0 Å². The molecule has 3 rings (SSSR count). The van der Waals surface area contributed by atoms with Crippen LogP contribution in [0.5, 0.6) is 0 Å². The standard InChI is InChI=1S/C16H16N4/c1-12-15(14-9-5-6-10-18-14)19-20(16(12)17)11-13-7-3-2-4-8-13/h2-10H,11,17H2,1H3. The minimum atomic E-state index is 0.667. The summed E-state index contributed by atoms with van der Waals surface area (Å²) in [6, 6.07) is 16.0. The summed E-state index contributed by atoms with van der Waals surface area (Å²) in [5.41, 5.74) is 10.0. The van der Waals surface area contributed by atoms with Crippen molar-refractivity contribution >= 4 is 5.82 Å². The molecule has 0 radical (unpaired) electrons. The van der Waals surface area contributed by atoms with Gasteiger partial charge in [0.15, 0.2) is 0 Å². The van der Waals surface area contributed by atoms with E-state index >= 15 is 0 Å². The van der Waals surface area contributed by atoms with E-state index in [1.54, 1.807) is 6.20 Å². The van der Waals surface area contributed by atoms with Gasteiger partial charge in [0, 0.05) is 11.8 Å². The molecule has 0 unspecified atom stereocenters. The average molecular weight is 264 g/mol. The zero-order valence-corrected chi connectivity index (χ0v) is 11.3. The molecule has 0 aliphatic carbocycles. The number of nitrogens with zero attached hydrogens (tertiary/aromatic N) is 3. The molecule has 1 aromatic carbocycles. The number of aromatic nitrogens is 3. The van der Waals surface area contributed by atoms with Crippen molar-refractivity contribution < 1.29 is 0 Å². The van der Waals surface area contributed by atoms with Crippen LogP contribution in [0, 0.1) is 6.92 Å². The number of pyridine rings is 1. The van der Waals surface area contributed by atoms with Crippen molar-refractivity contribution in [1.82, 2.24) is 14.8 Å².